The third-order valence-corrected chi connectivity index (χ3v) is 4.20. The monoisotopic (exact) mass is 291 g/mol. The third kappa shape index (κ3) is 4.11. The highest BCUT2D eigenvalue weighted by Crippen LogP contribution is 2.44. The van der Waals surface area contributed by atoms with E-state index in [1.165, 1.54) is 0 Å². The fourth-order valence-corrected chi connectivity index (χ4v) is 2.11. The number of hydrogen-bond donors (Lipinski definition) is 3. The van der Waals surface area contributed by atoms with E-state index in [-0.39, 0.29) is 18.1 Å². The Morgan fingerprint density at radius 2 is 2.14 bits per heavy atom. The molecule has 1 saturated carbocycles. The molecule has 116 valence electrons. The summed E-state index contributed by atoms with van der Waals surface area (Å²) in [5.74, 6) is 0. The van der Waals surface area contributed by atoms with E-state index in [0.29, 0.717) is 12.6 Å². The molecule has 0 aromatic heterocycles. The number of aliphatic hydroxyl groups is 1. The molecule has 1 aliphatic rings. The quantitative estimate of drug-likeness (QED) is 0.754. The highest BCUT2D eigenvalue weighted by atomic mass is 16.3. The molecule has 1 aliphatic carbocycles. The molecule has 5 nitrogen and oxygen atoms in total. The lowest BCUT2D eigenvalue weighted by Gasteiger charge is -2.24. The first-order chi connectivity index (χ1) is 9.96. The lowest BCUT2D eigenvalue weighted by molar-refractivity contribution is 0.206. The van der Waals surface area contributed by atoms with Gasteiger partial charge in [-0.05, 0) is 44.9 Å². The summed E-state index contributed by atoms with van der Waals surface area (Å²) >= 11 is 0. The molecule has 5 heteroatoms. The first-order valence-corrected chi connectivity index (χ1v) is 7.44. The van der Waals surface area contributed by atoms with Crippen molar-refractivity contribution in [3.05, 3.63) is 24.3 Å². The molecule has 3 N–H and O–H groups in total. The highest BCUT2D eigenvalue weighted by Gasteiger charge is 2.42. The maximum atomic E-state index is 11.9. The van der Waals surface area contributed by atoms with Gasteiger partial charge in [0.25, 0.3) is 0 Å². The lowest BCUT2D eigenvalue weighted by Crippen LogP contribution is -2.35. The van der Waals surface area contributed by atoms with Gasteiger partial charge < -0.3 is 20.6 Å². The summed E-state index contributed by atoms with van der Waals surface area (Å²) in [5, 5.41) is 14.9. The molecule has 0 saturated heterocycles. The second-order valence-corrected chi connectivity index (χ2v) is 6.22. The second kappa shape index (κ2) is 6.35. The fraction of sp³-hybridized carbons (Fsp3) is 0.562. The molecule has 1 fully saturated rings. The Balaban J connectivity index is 1.90. The zero-order valence-electron chi connectivity index (χ0n) is 13.0. The van der Waals surface area contributed by atoms with Crippen LogP contribution in [0.4, 0.5) is 16.2 Å². The van der Waals surface area contributed by atoms with Gasteiger partial charge in [-0.25, -0.2) is 4.79 Å². The molecule has 0 heterocycles. The first-order valence-electron chi connectivity index (χ1n) is 7.44. The average molecular weight is 291 g/mol. The van der Waals surface area contributed by atoms with Crippen LogP contribution in [0.1, 0.15) is 26.7 Å². The summed E-state index contributed by atoms with van der Waals surface area (Å²) < 4.78 is 0. The first kappa shape index (κ1) is 15.6. The minimum absolute atomic E-state index is 0.0724. The van der Waals surface area contributed by atoms with Crippen molar-refractivity contribution in [3.8, 4) is 0 Å². The molecular weight excluding hydrogens is 266 g/mol. The van der Waals surface area contributed by atoms with Crippen molar-refractivity contribution in [1.29, 1.82) is 0 Å². The molecule has 0 radical (unpaired) electrons. The Labute approximate surface area is 126 Å². The number of amides is 2. The molecule has 0 bridgehead atoms. The predicted molar refractivity (Wildman–Crippen MR) is 85.8 cm³/mol. The number of carbonyl (C=O) groups excluding carboxylic acids is 1. The SMILES string of the molecule is CC(C)N(C)c1cccc(NC(=O)NCC2(CO)CC2)c1. The van der Waals surface area contributed by atoms with Crippen LogP contribution in [0.2, 0.25) is 0 Å². The molecule has 1 aromatic rings. The summed E-state index contributed by atoms with van der Waals surface area (Å²) in [6.07, 6.45) is 1.97. The van der Waals surface area contributed by atoms with Crippen LogP contribution in [0, 0.1) is 5.41 Å². The lowest BCUT2D eigenvalue weighted by atomic mass is 10.1. The van der Waals surface area contributed by atoms with Crippen molar-refractivity contribution in [3.63, 3.8) is 0 Å². The van der Waals surface area contributed by atoms with Gasteiger partial charge in [0.2, 0.25) is 0 Å². The molecule has 0 unspecified atom stereocenters. The molecule has 2 rings (SSSR count). The number of nitrogens with zero attached hydrogens (tertiary/aromatic N) is 1. The molecular formula is C16H25N3O2. The second-order valence-electron chi connectivity index (χ2n) is 6.22. The Morgan fingerprint density at radius 3 is 2.71 bits per heavy atom. The molecule has 0 spiro atoms. The largest absolute Gasteiger partial charge is 0.396 e. The van der Waals surface area contributed by atoms with Gasteiger partial charge >= 0.3 is 6.03 Å². The number of hydrogen-bond acceptors (Lipinski definition) is 3. The number of nitrogens with one attached hydrogen (secondary N) is 2. The van der Waals surface area contributed by atoms with E-state index >= 15 is 0 Å². The van der Waals surface area contributed by atoms with Crippen LogP contribution in [0.15, 0.2) is 24.3 Å². The van der Waals surface area contributed by atoms with Crippen LogP contribution >= 0.6 is 0 Å². The summed E-state index contributed by atoms with van der Waals surface area (Å²) in [5.41, 5.74) is 1.76. The van der Waals surface area contributed by atoms with E-state index in [1.807, 2.05) is 31.3 Å². The summed E-state index contributed by atoms with van der Waals surface area (Å²) in [7, 11) is 2.03. The van der Waals surface area contributed by atoms with Gasteiger partial charge in [-0.3, -0.25) is 0 Å². The van der Waals surface area contributed by atoms with Crippen LogP contribution in [0.5, 0.6) is 0 Å². The minimum Gasteiger partial charge on any atom is -0.396 e. The Bertz CT molecular complexity index is 498. The number of anilines is 2. The van der Waals surface area contributed by atoms with Gasteiger partial charge in [-0.1, -0.05) is 6.07 Å². The van der Waals surface area contributed by atoms with Gasteiger partial charge in [0.15, 0.2) is 0 Å². The number of rotatable bonds is 6. The zero-order valence-corrected chi connectivity index (χ0v) is 13.0. The van der Waals surface area contributed by atoms with E-state index in [0.717, 1.165) is 24.2 Å². The molecule has 2 amide bonds. The smallest absolute Gasteiger partial charge is 0.319 e. The van der Waals surface area contributed by atoms with Gasteiger partial charge in [-0.2, -0.15) is 0 Å². The number of carbonyl (C=O) groups is 1. The molecule has 1 aromatic carbocycles. The van der Waals surface area contributed by atoms with E-state index in [4.69, 9.17) is 0 Å². The van der Waals surface area contributed by atoms with Gasteiger partial charge in [0.05, 0.1) is 6.61 Å². The Morgan fingerprint density at radius 1 is 1.43 bits per heavy atom. The van der Waals surface area contributed by atoms with E-state index in [9.17, 15) is 9.90 Å². The predicted octanol–water partition coefficient (Wildman–Crippen LogP) is 2.43. The maximum Gasteiger partial charge on any atom is 0.319 e. The topological polar surface area (TPSA) is 64.6 Å². The van der Waals surface area contributed by atoms with Gasteiger partial charge in [0.1, 0.15) is 0 Å². The average Bonchev–Trinajstić information content (AvgIpc) is 3.25. The Hall–Kier alpha value is -1.75. The number of benzene rings is 1. The van der Waals surface area contributed by atoms with E-state index in [2.05, 4.69) is 29.4 Å². The zero-order chi connectivity index (χ0) is 15.5. The number of aliphatic hydroxyl groups excluding tert-OH is 1. The highest BCUT2D eigenvalue weighted by molar-refractivity contribution is 5.89. The van der Waals surface area contributed by atoms with Crippen molar-refractivity contribution in [2.75, 3.05) is 30.4 Å². The van der Waals surface area contributed by atoms with Gasteiger partial charge in [-0.15, -0.1) is 0 Å². The third-order valence-electron chi connectivity index (χ3n) is 4.20. The van der Waals surface area contributed by atoms with E-state index < -0.39 is 0 Å². The maximum absolute atomic E-state index is 11.9. The van der Waals surface area contributed by atoms with E-state index in [1.54, 1.807) is 0 Å². The minimum atomic E-state index is -0.223. The van der Waals surface area contributed by atoms with Crippen LogP contribution in [-0.4, -0.2) is 37.4 Å². The van der Waals surface area contributed by atoms with Crippen LogP contribution in [0.3, 0.4) is 0 Å². The summed E-state index contributed by atoms with van der Waals surface area (Å²) in [6, 6.07) is 7.95. The fourth-order valence-electron chi connectivity index (χ4n) is 2.11. The molecule has 0 aliphatic heterocycles. The van der Waals surface area contributed by atoms with Crippen LogP contribution in [-0.2, 0) is 0 Å². The van der Waals surface area contributed by atoms with Crippen molar-refractivity contribution in [1.82, 2.24) is 5.32 Å². The van der Waals surface area contributed by atoms with Crippen molar-refractivity contribution < 1.29 is 9.90 Å². The normalized spacial score (nSPS) is 15.7. The molecule has 0 atom stereocenters. The summed E-state index contributed by atoms with van der Waals surface area (Å²) in [6.45, 7) is 4.91. The number of urea groups is 1. The van der Waals surface area contributed by atoms with Crippen molar-refractivity contribution in [2.45, 2.75) is 32.7 Å². The van der Waals surface area contributed by atoms with Crippen molar-refractivity contribution >= 4 is 17.4 Å². The summed E-state index contributed by atoms with van der Waals surface area (Å²) in [4.78, 5) is 14.0. The van der Waals surface area contributed by atoms with Crippen LogP contribution < -0.4 is 15.5 Å². The standard InChI is InChI=1S/C16H25N3O2/c1-12(2)19(3)14-6-4-5-13(9-14)18-15(21)17-10-16(11-20)7-8-16/h4-6,9,12,20H,7-8,10-11H2,1-3H3,(H2,17,18,21). The van der Waals surface area contributed by atoms with Crippen molar-refractivity contribution in [2.24, 2.45) is 5.41 Å². The van der Waals surface area contributed by atoms with Gasteiger partial charge in [0, 0.05) is 36.4 Å². The van der Waals surface area contributed by atoms with Crippen LogP contribution in [0.25, 0.3) is 0 Å². The molecule has 21 heavy (non-hydrogen) atoms. The Kier molecular flexibility index (Phi) is 4.73.